The van der Waals surface area contributed by atoms with Gasteiger partial charge in [0.05, 0.1) is 24.3 Å². The third-order valence-corrected chi connectivity index (χ3v) is 5.97. The Labute approximate surface area is 186 Å². The summed E-state index contributed by atoms with van der Waals surface area (Å²) in [5, 5.41) is 12.3. The quantitative estimate of drug-likeness (QED) is 0.411. The predicted molar refractivity (Wildman–Crippen MR) is 117 cm³/mol. The van der Waals surface area contributed by atoms with Crippen molar-refractivity contribution in [1.29, 1.82) is 0 Å². The van der Waals surface area contributed by atoms with E-state index in [4.69, 9.17) is 9.84 Å². The molecule has 4 rings (SSSR count). The number of alkyl halides is 3. The SMILES string of the molecule is Cc1sc(Nc2ccc(OCC3CC3)c(C(F)(F)F)c2)nc1-c1ccc(CC(=O)O)cc1. The Hall–Kier alpha value is -3.07. The van der Waals surface area contributed by atoms with E-state index in [1.54, 1.807) is 30.3 Å². The number of carboxylic acid groups (broad SMARTS) is 1. The molecule has 1 aromatic heterocycles. The topological polar surface area (TPSA) is 71.5 Å². The lowest BCUT2D eigenvalue weighted by atomic mass is 10.1. The Balaban J connectivity index is 1.53. The molecule has 2 N–H and O–H groups in total. The number of benzene rings is 2. The highest BCUT2D eigenvalue weighted by molar-refractivity contribution is 7.16. The van der Waals surface area contributed by atoms with Crippen LogP contribution >= 0.6 is 11.3 Å². The average Bonchev–Trinajstić information content (AvgIpc) is 3.48. The highest BCUT2D eigenvalue weighted by Gasteiger charge is 2.35. The zero-order chi connectivity index (χ0) is 22.9. The van der Waals surface area contributed by atoms with Crippen molar-refractivity contribution in [3.63, 3.8) is 0 Å². The summed E-state index contributed by atoms with van der Waals surface area (Å²) in [5.74, 6) is -0.715. The van der Waals surface area contributed by atoms with Crippen molar-refractivity contribution in [2.75, 3.05) is 11.9 Å². The van der Waals surface area contributed by atoms with Crippen LogP contribution in [-0.2, 0) is 17.4 Å². The normalized spacial score (nSPS) is 13.8. The Bertz CT molecular complexity index is 1120. The number of nitrogens with zero attached hydrogens (tertiary/aromatic N) is 1. The zero-order valence-electron chi connectivity index (χ0n) is 17.2. The van der Waals surface area contributed by atoms with Crippen molar-refractivity contribution in [2.45, 2.75) is 32.4 Å². The maximum absolute atomic E-state index is 13.6. The first-order chi connectivity index (χ1) is 15.2. The summed E-state index contributed by atoms with van der Waals surface area (Å²) in [6.45, 7) is 2.18. The van der Waals surface area contributed by atoms with Crippen LogP contribution in [-0.4, -0.2) is 22.7 Å². The molecule has 9 heteroatoms. The van der Waals surface area contributed by atoms with Crippen LogP contribution in [0.5, 0.6) is 5.75 Å². The van der Waals surface area contributed by atoms with Crippen molar-refractivity contribution in [1.82, 2.24) is 4.98 Å². The molecule has 2 aromatic carbocycles. The third kappa shape index (κ3) is 5.40. The van der Waals surface area contributed by atoms with E-state index in [2.05, 4.69) is 10.3 Å². The lowest BCUT2D eigenvalue weighted by molar-refractivity contribution is -0.139. The molecule has 0 atom stereocenters. The minimum atomic E-state index is -4.53. The largest absolute Gasteiger partial charge is 0.493 e. The van der Waals surface area contributed by atoms with Gasteiger partial charge in [0.15, 0.2) is 5.13 Å². The first-order valence-corrected chi connectivity index (χ1v) is 10.9. The molecule has 1 heterocycles. The van der Waals surface area contributed by atoms with E-state index in [0.717, 1.165) is 29.3 Å². The summed E-state index contributed by atoms with van der Waals surface area (Å²) in [4.78, 5) is 16.2. The lowest BCUT2D eigenvalue weighted by Gasteiger charge is -2.15. The second kappa shape index (κ2) is 8.82. The van der Waals surface area contributed by atoms with Gasteiger partial charge in [-0.05, 0) is 49.4 Å². The summed E-state index contributed by atoms with van der Waals surface area (Å²) >= 11 is 1.33. The fraction of sp³-hybridized carbons (Fsp3) is 0.304. The van der Waals surface area contributed by atoms with Gasteiger partial charge in [0.1, 0.15) is 5.75 Å². The summed E-state index contributed by atoms with van der Waals surface area (Å²) in [6, 6.07) is 11.0. The van der Waals surface area contributed by atoms with E-state index >= 15 is 0 Å². The second-order valence-corrected chi connectivity index (χ2v) is 8.98. The fourth-order valence-electron chi connectivity index (χ4n) is 3.24. The zero-order valence-corrected chi connectivity index (χ0v) is 18.0. The number of halogens is 3. The summed E-state index contributed by atoms with van der Waals surface area (Å²) in [5.41, 5.74) is 1.63. The van der Waals surface area contributed by atoms with Crippen molar-refractivity contribution < 1.29 is 27.8 Å². The molecule has 0 aliphatic heterocycles. The Morgan fingerprint density at radius 1 is 1.22 bits per heavy atom. The number of carbonyl (C=O) groups is 1. The Kier molecular flexibility index (Phi) is 6.10. The monoisotopic (exact) mass is 462 g/mol. The molecule has 1 aliphatic carbocycles. The van der Waals surface area contributed by atoms with Gasteiger partial charge in [-0.2, -0.15) is 13.2 Å². The maximum Gasteiger partial charge on any atom is 0.420 e. The first-order valence-electron chi connectivity index (χ1n) is 10.1. The van der Waals surface area contributed by atoms with Crippen LogP contribution < -0.4 is 10.1 Å². The molecule has 1 aliphatic rings. The van der Waals surface area contributed by atoms with E-state index in [1.165, 1.54) is 17.4 Å². The molecule has 32 heavy (non-hydrogen) atoms. The molecule has 168 valence electrons. The van der Waals surface area contributed by atoms with Gasteiger partial charge in [-0.25, -0.2) is 4.98 Å². The molecule has 3 aromatic rings. The van der Waals surface area contributed by atoms with Crippen molar-refractivity contribution >= 4 is 28.1 Å². The van der Waals surface area contributed by atoms with Gasteiger partial charge in [0, 0.05) is 16.1 Å². The number of aromatic nitrogens is 1. The van der Waals surface area contributed by atoms with Crippen LogP contribution in [0.4, 0.5) is 24.0 Å². The summed E-state index contributed by atoms with van der Waals surface area (Å²) in [7, 11) is 0. The number of hydrogen-bond donors (Lipinski definition) is 2. The number of ether oxygens (including phenoxy) is 1. The summed E-state index contributed by atoms with van der Waals surface area (Å²) in [6.07, 6.45) is -2.60. The predicted octanol–water partition coefficient (Wildman–Crippen LogP) is 6.30. The smallest absolute Gasteiger partial charge is 0.420 e. The summed E-state index contributed by atoms with van der Waals surface area (Å²) < 4.78 is 46.1. The number of thiazole rings is 1. The van der Waals surface area contributed by atoms with Gasteiger partial charge in [0.25, 0.3) is 0 Å². The van der Waals surface area contributed by atoms with Crippen LogP contribution in [0, 0.1) is 12.8 Å². The highest BCUT2D eigenvalue weighted by atomic mass is 32.1. The van der Waals surface area contributed by atoms with Gasteiger partial charge >= 0.3 is 12.1 Å². The van der Waals surface area contributed by atoms with E-state index in [9.17, 15) is 18.0 Å². The number of nitrogens with one attached hydrogen (secondary N) is 1. The Morgan fingerprint density at radius 2 is 1.94 bits per heavy atom. The molecule has 1 saturated carbocycles. The van der Waals surface area contributed by atoms with Gasteiger partial charge in [-0.3, -0.25) is 4.79 Å². The van der Waals surface area contributed by atoms with E-state index in [1.807, 2.05) is 6.92 Å². The molecule has 0 bridgehead atoms. The number of aliphatic carboxylic acids is 1. The van der Waals surface area contributed by atoms with Crippen LogP contribution in [0.25, 0.3) is 11.3 Å². The first kappa shape index (κ1) is 22.1. The van der Waals surface area contributed by atoms with Crippen LogP contribution in [0.15, 0.2) is 42.5 Å². The molecule has 0 radical (unpaired) electrons. The van der Waals surface area contributed by atoms with Crippen molar-refractivity contribution in [3.8, 4) is 17.0 Å². The molecule has 0 amide bonds. The van der Waals surface area contributed by atoms with Crippen molar-refractivity contribution in [2.24, 2.45) is 5.92 Å². The standard InChI is InChI=1S/C23H21F3N2O3S/c1-13-21(16-6-4-14(5-7-16)10-20(29)30)28-22(32-13)27-17-8-9-19(31-12-15-2-3-15)18(11-17)23(24,25)26/h4-9,11,15H,2-3,10,12H2,1H3,(H,27,28)(H,29,30). The number of anilines is 2. The van der Waals surface area contributed by atoms with Crippen LogP contribution in [0.3, 0.4) is 0 Å². The van der Waals surface area contributed by atoms with Gasteiger partial charge < -0.3 is 15.2 Å². The van der Waals surface area contributed by atoms with Crippen molar-refractivity contribution in [3.05, 3.63) is 58.5 Å². The van der Waals surface area contributed by atoms with E-state index in [0.29, 0.717) is 28.9 Å². The molecule has 1 fully saturated rings. The lowest BCUT2D eigenvalue weighted by Crippen LogP contribution is -2.10. The van der Waals surface area contributed by atoms with E-state index < -0.39 is 17.7 Å². The minimum Gasteiger partial charge on any atom is -0.493 e. The van der Waals surface area contributed by atoms with Gasteiger partial charge in [-0.15, -0.1) is 11.3 Å². The molecular weight excluding hydrogens is 441 g/mol. The molecule has 0 spiro atoms. The number of hydrogen-bond acceptors (Lipinski definition) is 5. The van der Waals surface area contributed by atoms with Gasteiger partial charge in [0.2, 0.25) is 0 Å². The molecule has 0 unspecified atom stereocenters. The third-order valence-electron chi connectivity index (χ3n) is 5.09. The fourth-order valence-corrected chi connectivity index (χ4v) is 4.10. The molecular formula is C23H21F3N2O3S. The number of aryl methyl sites for hydroxylation is 1. The van der Waals surface area contributed by atoms with Gasteiger partial charge in [-0.1, -0.05) is 24.3 Å². The molecule has 0 saturated heterocycles. The van der Waals surface area contributed by atoms with E-state index in [-0.39, 0.29) is 17.9 Å². The van der Waals surface area contributed by atoms with Crippen LogP contribution in [0.2, 0.25) is 0 Å². The molecule has 5 nitrogen and oxygen atoms in total. The minimum absolute atomic E-state index is 0.0644. The highest BCUT2D eigenvalue weighted by Crippen LogP contribution is 2.40. The number of carboxylic acids is 1. The number of rotatable bonds is 8. The maximum atomic E-state index is 13.6. The average molecular weight is 462 g/mol. The van der Waals surface area contributed by atoms with Crippen LogP contribution in [0.1, 0.15) is 28.8 Å². The Morgan fingerprint density at radius 3 is 2.56 bits per heavy atom. The second-order valence-electron chi connectivity index (χ2n) is 7.78.